The van der Waals surface area contributed by atoms with Gasteiger partial charge in [0, 0.05) is 24.1 Å². The van der Waals surface area contributed by atoms with Crippen LogP contribution in [0.3, 0.4) is 0 Å². The number of rotatable bonds is 7. The highest BCUT2D eigenvalue weighted by atomic mass is 16.5. The molecule has 1 aliphatic carbocycles. The molecule has 0 aromatic heterocycles. The van der Waals surface area contributed by atoms with Crippen LogP contribution in [0.15, 0.2) is 54.6 Å². The zero-order valence-electron chi connectivity index (χ0n) is 18.0. The minimum absolute atomic E-state index is 0.0296. The van der Waals surface area contributed by atoms with Crippen LogP contribution in [-0.4, -0.2) is 34.4 Å². The Morgan fingerprint density at radius 3 is 2.53 bits per heavy atom. The largest absolute Gasteiger partial charge is 0.480 e. The lowest BCUT2D eigenvalue weighted by atomic mass is 9.66. The zero-order chi connectivity index (χ0) is 22.9. The first kappa shape index (κ1) is 22.0. The second kappa shape index (κ2) is 8.74. The number of carboxylic acid groups (broad SMARTS) is 1. The highest BCUT2D eigenvalue weighted by Crippen LogP contribution is 2.50. The fourth-order valence-corrected chi connectivity index (χ4v) is 5.23. The molecular weight excluding hydrogens is 408 g/mol. The van der Waals surface area contributed by atoms with Gasteiger partial charge in [0.15, 0.2) is 0 Å². The smallest absolute Gasteiger partial charge is 0.375 e. The van der Waals surface area contributed by atoms with E-state index in [-0.39, 0.29) is 12.0 Å². The van der Waals surface area contributed by atoms with Crippen molar-refractivity contribution in [2.24, 2.45) is 11.7 Å². The molecule has 1 aliphatic heterocycles. The molecule has 7 nitrogen and oxygen atoms in total. The molecule has 0 amide bonds. The molecule has 7 heteroatoms. The predicted octanol–water partition coefficient (Wildman–Crippen LogP) is 3.41. The third kappa shape index (κ3) is 4.00. The lowest BCUT2D eigenvalue weighted by Gasteiger charge is -2.44. The number of hydrogen-bond acceptors (Lipinski definition) is 6. The SMILES string of the molecule is CC(OC(=O)C(=O)CC(N)(C(=O)O)C1c2ccccc2N[C@@H]2CCC[C@H]12)c1ccccc1. The maximum atomic E-state index is 12.8. The Labute approximate surface area is 187 Å². The number of Topliss-reactive ketones (excluding diaryl/α,β-unsaturated/α-hetero) is 1. The summed E-state index contributed by atoms with van der Waals surface area (Å²) in [5.41, 5.74) is 6.95. The molecule has 0 spiro atoms. The number of esters is 1. The molecule has 0 bridgehead atoms. The van der Waals surface area contributed by atoms with E-state index in [1.165, 1.54) is 0 Å². The van der Waals surface area contributed by atoms with Crippen molar-refractivity contribution >= 4 is 23.4 Å². The molecule has 1 heterocycles. The van der Waals surface area contributed by atoms with E-state index in [0.717, 1.165) is 36.1 Å². The average molecular weight is 437 g/mol. The third-order valence-corrected chi connectivity index (χ3v) is 6.82. The van der Waals surface area contributed by atoms with E-state index < -0.39 is 41.7 Å². The van der Waals surface area contributed by atoms with E-state index in [1.54, 1.807) is 19.1 Å². The van der Waals surface area contributed by atoms with Crippen LogP contribution in [-0.2, 0) is 19.1 Å². The van der Waals surface area contributed by atoms with Gasteiger partial charge in [-0.15, -0.1) is 0 Å². The summed E-state index contributed by atoms with van der Waals surface area (Å²) in [7, 11) is 0. The number of nitrogens with two attached hydrogens (primary N) is 1. The number of para-hydroxylation sites is 1. The van der Waals surface area contributed by atoms with Crippen LogP contribution in [0, 0.1) is 5.92 Å². The van der Waals surface area contributed by atoms with Gasteiger partial charge in [0.1, 0.15) is 11.6 Å². The normalized spacial score (nSPS) is 24.2. The van der Waals surface area contributed by atoms with Gasteiger partial charge in [-0.25, -0.2) is 4.79 Å². The van der Waals surface area contributed by atoms with Crippen molar-refractivity contribution in [1.29, 1.82) is 0 Å². The first-order valence-electron chi connectivity index (χ1n) is 11.0. The minimum Gasteiger partial charge on any atom is -0.480 e. The van der Waals surface area contributed by atoms with Crippen LogP contribution in [0.4, 0.5) is 5.69 Å². The fraction of sp³-hybridized carbons (Fsp3) is 0.400. The summed E-state index contributed by atoms with van der Waals surface area (Å²) in [6, 6.07) is 16.6. The van der Waals surface area contributed by atoms with Crippen LogP contribution in [0.25, 0.3) is 0 Å². The standard InChI is InChI=1S/C25H28N2O5/c1-15(16-8-3-2-4-9-16)32-23(29)21(28)14-25(26,24(30)31)22-17-10-5-6-12-19(17)27-20-13-7-11-18(20)22/h2-6,8-10,12,15,18,20,22,27H,7,11,13-14,26H2,1H3,(H,30,31)/t15?,18-,20+,22?,25?/m0/s1. The molecule has 5 atom stereocenters. The summed E-state index contributed by atoms with van der Waals surface area (Å²) in [4.78, 5) is 37.9. The van der Waals surface area contributed by atoms with Crippen molar-refractivity contribution in [2.45, 2.75) is 56.2 Å². The van der Waals surface area contributed by atoms with Gasteiger partial charge in [-0.3, -0.25) is 9.59 Å². The van der Waals surface area contributed by atoms with Crippen molar-refractivity contribution in [1.82, 2.24) is 0 Å². The van der Waals surface area contributed by atoms with Gasteiger partial charge >= 0.3 is 11.9 Å². The number of nitrogens with one attached hydrogen (secondary N) is 1. The number of carboxylic acids is 1. The number of fused-ring (bicyclic) bond motifs is 2. The molecule has 0 radical (unpaired) electrons. The average Bonchev–Trinajstić information content (AvgIpc) is 3.25. The molecular formula is C25H28N2O5. The maximum Gasteiger partial charge on any atom is 0.375 e. The van der Waals surface area contributed by atoms with Gasteiger partial charge in [0.25, 0.3) is 0 Å². The monoisotopic (exact) mass is 436 g/mol. The molecule has 1 saturated carbocycles. The third-order valence-electron chi connectivity index (χ3n) is 6.82. The molecule has 2 aromatic carbocycles. The minimum atomic E-state index is -1.92. The van der Waals surface area contributed by atoms with E-state index in [9.17, 15) is 19.5 Å². The van der Waals surface area contributed by atoms with Crippen molar-refractivity contribution in [3.63, 3.8) is 0 Å². The number of ether oxygens (including phenoxy) is 1. The van der Waals surface area contributed by atoms with E-state index in [4.69, 9.17) is 10.5 Å². The van der Waals surface area contributed by atoms with Crippen molar-refractivity contribution < 1.29 is 24.2 Å². The molecule has 1 fully saturated rings. The molecule has 2 aliphatic rings. The summed E-state index contributed by atoms with van der Waals surface area (Å²) >= 11 is 0. The second-order valence-electron chi connectivity index (χ2n) is 8.81. The Balaban J connectivity index is 1.59. The van der Waals surface area contributed by atoms with Gasteiger partial charge in [-0.05, 0) is 42.9 Å². The van der Waals surface area contributed by atoms with Crippen LogP contribution in [0.5, 0.6) is 0 Å². The van der Waals surface area contributed by atoms with Gasteiger partial charge < -0.3 is 20.9 Å². The van der Waals surface area contributed by atoms with E-state index in [0.29, 0.717) is 0 Å². The van der Waals surface area contributed by atoms with E-state index in [2.05, 4.69) is 5.32 Å². The Morgan fingerprint density at radius 2 is 1.81 bits per heavy atom. The predicted molar refractivity (Wildman–Crippen MR) is 119 cm³/mol. The first-order chi connectivity index (χ1) is 15.3. The summed E-state index contributed by atoms with van der Waals surface area (Å²) < 4.78 is 5.32. The Kier molecular flexibility index (Phi) is 6.02. The number of carbonyl (C=O) groups is 3. The highest BCUT2D eigenvalue weighted by Gasteiger charge is 2.54. The van der Waals surface area contributed by atoms with Gasteiger partial charge in [0.2, 0.25) is 5.78 Å². The molecule has 4 N–H and O–H groups in total. The van der Waals surface area contributed by atoms with E-state index >= 15 is 0 Å². The van der Waals surface area contributed by atoms with Crippen LogP contribution in [0.2, 0.25) is 0 Å². The lowest BCUT2D eigenvalue weighted by molar-refractivity contribution is -0.159. The molecule has 0 saturated heterocycles. The lowest BCUT2D eigenvalue weighted by Crippen LogP contribution is -2.59. The number of hydrogen-bond donors (Lipinski definition) is 3. The zero-order valence-corrected chi connectivity index (χ0v) is 18.0. The van der Waals surface area contributed by atoms with Gasteiger partial charge in [-0.2, -0.15) is 0 Å². The number of benzene rings is 2. The highest BCUT2D eigenvalue weighted by molar-refractivity contribution is 6.34. The molecule has 4 rings (SSSR count). The van der Waals surface area contributed by atoms with Gasteiger partial charge in [0.05, 0.1) is 0 Å². The number of carbonyl (C=O) groups excluding carboxylic acids is 2. The number of anilines is 1. The number of aliphatic carboxylic acids is 1. The van der Waals surface area contributed by atoms with Crippen molar-refractivity contribution in [3.8, 4) is 0 Å². The van der Waals surface area contributed by atoms with Gasteiger partial charge in [-0.1, -0.05) is 55.0 Å². The van der Waals surface area contributed by atoms with E-state index in [1.807, 2.05) is 42.5 Å². The number of ketones is 1. The second-order valence-corrected chi connectivity index (χ2v) is 8.81. The quantitative estimate of drug-likeness (QED) is 0.449. The Hall–Kier alpha value is -3.19. The fourth-order valence-electron chi connectivity index (χ4n) is 5.23. The Bertz CT molecular complexity index is 1020. The van der Waals surface area contributed by atoms with Crippen molar-refractivity contribution in [2.75, 3.05) is 5.32 Å². The van der Waals surface area contributed by atoms with Crippen LogP contribution < -0.4 is 11.1 Å². The van der Waals surface area contributed by atoms with Crippen LogP contribution in [0.1, 0.15) is 55.8 Å². The topological polar surface area (TPSA) is 119 Å². The summed E-state index contributed by atoms with van der Waals surface area (Å²) in [6.45, 7) is 1.67. The van der Waals surface area contributed by atoms with Crippen molar-refractivity contribution in [3.05, 3.63) is 65.7 Å². The maximum absolute atomic E-state index is 12.8. The molecule has 2 aromatic rings. The first-order valence-corrected chi connectivity index (χ1v) is 11.0. The molecule has 168 valence electrons. The molecule has 32 heavy (non-hydrogen) atoms. The Morgan fingerprint density at radius 1 is 1.12 bits per heavy atom. The van der Waals surface area contributed by atoms with Crippen LogP contribution >= 0.6 is 0 Å². The summed E-state index contributed by atoms with van der Waals surface area (Å²) in [6.07, 6.45) is 1.42. The molecule has 3 unspecified atom stereocenters. The summed E-state index contributed by atoms with van der Waals surface area (Å²) in [5.74, 6) is -3.90. The summed E-state index contributed by atoms with van der Waals surface area (Å²) in [5, 5.41) is 13.7.